The number of benzene rings is 1. The molecule has 0 bridgehead atoms. The van der Waals surface area contributed by atoms with Crippen LogP contribution in [-0.2, 0) is 5.92 Å². The molecule has 0 spiro atoms. The molecule has 2 nitrogen and oxygen atoms in total. The molecule has 0 amide bonds. The van der Waals surface area contributed by atoms with Gasteiger partial charge in [0.05, 0.1) is 11.3 Å². The Morgan fingerprint density at radius 3 is 2.79 bits per heavy atom. The highest BCUT2D eigenvalue weighted by molar-refractivity contribution is 5.64. The largest absolute Gasteiger partial charge is 0.369 e. The monoisotopic (exact) mass is 264 g/mol. The first-order valence-electron chi connectivity index (χ1n) is 5.95. The minimum Gasteiger partial charge on any atom is -0.369 e. The van der Waals surface area contributed by atoms with Gasteiger partial charge in [0.1, 0.15) is 11.6 Å². The van der Waals surface area contributed by atoms with Gasteiger partial charge in [0.15, 0.2) is 0 Å². The van der Waals surface area contributed by atoms with Gasteiger partial charge in [-0.15, -0.1) is 0 Å². The maximum atomic E-state index is 13.7. The fourth-order valence-corrected chi connectivity index (χ4v) is 2.17. The third kappa shape index (κ3) is 2.16. The van der Waals surface area contributed by atoms with Gasteiger partial charge in [0, 0.05) is 18.5 Å². The van der Waals surface area contributed by atoms with Crippen molar-refractivity contribution in [1.29, 1.82) is 0 Å². The van der Waals surface area contributed by atoms with E-state index in [4.69, 9.17) is 0 Å². The lowest BCUT2D eigenvalue weighted by Gasteiger charge is -2.25. The molecule has 1 aromatic carbocycles. The summed E-state index contributed by atoms with van der Waals surface area (Å²) in [6, 6.07) is 8.76. The Morgan fingerprint density at radius 2 is 2.00 bits per heavy atom. The van der Waals surface area contributed by atoms with Crippen LogP contribution in [0, 0.1) is 5.82 Å². The van der Waals surface area contributed by atoms with Crippen LogP contribution >= 0.6 is 0 Å². The summed E-state index contributed by atoms with van der Waals surface area (Å²) in [5.74, 6) is -3.05. The zero-order valence-electron chi connectivity index (χ0n) is 9.96. The molecule has 2 heterocycles. The van der Waals surface area contributed by atoms with Crippen molar-refractivity contribution in [2.75, 3.05) is 11.9 Å². The zero-order chi connectivity index (χ0) is 13.5. The first-order chi connectivity index (χ1) is 9.06. The van der Waals surface area contributed by atoms with Gasteiger partial charge in [0.25, 0.3) is 5.92 Å². The van der Waals surface area contributed by atoms with E-state index in [0.717, 1.165) is 0 Å². The van der Waals surface area contributed by atoms with Gasteiger partial charge in [-0.1, -0.05) is 12.1 Å². The Hall–Kier alpha value is -2.04. The van der Waals surface area contributed by atoms with E-state index < -0.39 is 5.92 Å². The maximum absolute atomic E-state index is 13.7. The summed E-state index contributed by atoms with van der Waals surface area (Å²) in [6.45, 7) is 0.180. The van der Waals surface area contributed by atoms with Crippen LogP contribution in [0.25, 0.3) is 11.3 Å². The first kappa shape index (κ1) is 12.0. The van der Waals surface area contributed by atoms with E-state index in [2.05, 4.69) is 10.3 Å². The molecule has 1 N–H and O–H groups in total. The molecule has 0 fully saturated rings. The van der Waals surface area contributed by atoms with Gasteiger partial charge < -0.3 is 5.32 Å². The number of pyridine rings is 1. The Morgan fingerprint density at radius 1 is 1.16 bits per heavy atom. The van der Waals surface area contributed by atoms with Crippen molar-refractivity contribution in [2.45, 2.75) is 12.3 Å². The Balaban J connectivity index is 2.07. The minimum absolute atomic E-state index is 0.0982. The zero-order valence-corrected chi connectivity index (χ0v) is 9.96. The molecule has 3 rings (SSSR count). The normalized spacial score (nSPS) is 16.6. The lowest BCUT2D eigenvalue weighted by atomic mass is 10.0. The van der Waals surface area contributed by atoms with E-state index in [-0.39, 0.29) is 30.2 Å². The number of anilines is 1. The fraction of sp³-hybridized carbons (Fsp3) is 0.214. The molecule has 2 aromatic rings. The average Bonchev–Trinajstić information content (AvgIpc) is 2.38. The molecule has 0 atom stereocenters. The lowest BCUT2D eigenvalue weighted by Crippen LogP contribution is -2.26. The second kappa shape index (κ2) is 4.26. The van der Waals surface area contributed by atoms with Crippen molar-refractivity contribution in [2.24, 2.45) is 0 Å². The molecule has 1 aliphatic rings. The summed E-state index contributed by atoms with van der Waals surface area (Å²) >= 11 is 0. The van der Waals surface area contributed by atoms with Crippen molar-refractivity contribution in [3.05, 3.63) is 47.8 Å². The van der Waals surface area contributed by atoms with Crippen LogP contribution < -0.4 is 5.32 Å². The number of fused-ring (bicyclic) bond motifs is 1. The van der Waals surface area contributed by atoms with Gasteiger partial charge >= 0.3 is 0 Å². The summed E-state index contributed by atoms with van der Waals surface area (Å²) in [5.41, 5.74) is 0.945. The molecular weight excluding hydrogens is 253 g/mol. The van der Waals surface area contributed by atoms with Gasteiger partial charge in [-0.3, -0.25) is 0 Å². The van der Waals surface area contributed by atoms with Gasteiger partial charge in [-0.25, -0.2) is 18.2 Å². The van der Waals surface area contributed by atoms with Crippen molar-refractivity contribution in [3.63, 3.8) is 0 Å². The molecule has 1 aliphatic heterocycles. The number of hydrogen-bond acceptors (Lipinski definition) is 2. The molecular formula is C14H11F3N2. The quantitative estimate of drug-likeness (QED) is 0.847. The second-order valence-electron chi connectivity index (χ2n) is 4.48. The van der Waals surface area contributed by atoms with E-state index in [1.807, 2.05) is 0 Å². The van der Waals surface area contributed by atoms with Gasteiger partial charge in [-0.2, -0.15) is 0 Å². The second-order valence-corrected chi connectivity index (χ2v) is 4.48. The summed E-state index contributed by atoms with van der Waals surface area (Å²) < 4.78 is 40.5. The first-order valence-corrected chi connectivity index (χ1v) is 5.95. The van der Waals surface area contributed by atoms with E-state index in [9.17, 15) is 13.2 Å². The number of hydrogen-bond donors (Lipinski definition) is 1. The molecule has 5 heteroatoms. The van der Waals surface area contributed by atoms with Gasteiger partial charge in [0.2, 0.25) is 0 Å². The van der Waals surface area contributed by atoms with Crippen molar-refractivity contribution < 1.29 is 13.2 Å². The van der Waals surface area contributed by atoms with Crippen LogP contribution in [0.15, 0.2) is 36.4 Å². The average molecular weight is 264 g/mol. The van der Waals surface area contributed by atoms with Crippen molar-refractivity contribution in [1.82, 2.24) is 4.98 Å². The molecule has 0 unspecified atom stereocenters. The number of alkyl halides is 2. The predicted octanol–water partition coefficient (Wildman–Crippen LogP) is 3.80. The molecule has 19 heavy (non-hydrogen) atoms. The Bertz CT molecular complexity index is 626. The van der Waals surface area contributed by atoms with Crippen LogP contribution in [0.3, 0.4) is 0 Å². The van der Waals surface area contributed by atoms with E-state index in [0.29, 0.717) is 11.3 Å². The van der Waals surface area contributed by atoms with Crippen LogP contribution in [-0.4, -0.2) is 11.5 Å². The van der Waals surface area contributed by atoms with E-state index in [1.165, 1.54) is 24.3 Å². The Kier molecular flexibility index (Phi) is 2.69. The van der Waals surface area contributed by atoms with Crippen LogP contribution in [0.4, 0.5) is 19.0 Å². The third-order valence-corrected chi connectivity index (χ3v) is 3.14. The SMILES string of the molecule is Fc1cccc(-c2ccc3c(n2)NCCC3(F)F)c1. The lowest BCUT2D eigenvalue weighted by molar-refractivity contribution is -0.0126. The highest BCUT2D eigenvalue weighted by Crippen LogP contribution is 2.39. The highest BCUT2D eigenvalue weighted by Gasteiger charge is 2.37. The predicted molar refractivity (Wildman–Crippen MR) is 66.6 cm³/mol. The standard InChI is InChI=1S/C14H11F3N2/c15-10-3-1-2-9(8-10)12-5-4-11-13(19-12)18-7-6-14(11,16)17/h1-5,8H,6-7H2,(H,18,19). The molecule has 1 aromatic heterocycles. The van der Waals surface area contributed by atoms with Crippen molar-refractivity contribution in [3.8, 4) is 11.3 Å². The Labute approximate surface area is 108 Å². The summed E-state index contributed by atoms with van der Waals surface area (Å²) in [5, 5.41) is 2.86. The summed E-state index contributed by atoms with van der Waals surface area (Å²) in [6.07, 6.45) is -0.235. The van der Waals surface area contributed by atoms with Crippen LogP contribution in [0.2, 0.25) is 0 Å². The van der Waals surface area contributed by atoms with E-state index >= 15 is 0 Å². The van der Waals surface area contributed by atoms with E-state index in [1.54, 1.807) is 12.1 Å². The maximum Gasteiger partial charge on any atom is 0.278 e. The molecule has 0 saturated heterocycles. The summed E-state index contributed by atoms with van der Waals surface area (Å²) in [7, 11) is 0. The highest BCUT2D eigenvalue weighted by atomic mass is 19.3. The van der Waals surface area contributed by atoms with Gasteiger partial charge in [-0.05, 0) is 24.3 Å². The third-order valence-electron chi connectivity index (χ3n) is 3.14. The van der Waals surface area contributed by atoms with Crippen LogP contribution in [0.1, 0.15) is 12.0 Å². The minimum atomic E-state index is -2.85. The van der Waals surface area contributed by atoms with Crippen molar-refractivity contribution >= 4 is 5.82 Å². The fourth-order valence-electron chi connectivity index (χ4n) is 2.17. The number of aromatic nitrogens is 1. The molecule has 0 aliphatic carbocycles. The summed E-state index contributed by atoms with van der Waals surface area (Å²) in [4.78, 5) is 4.16. The van der Waals surface area contributed by atoms with Crippen LogP contribution in [0.5, 0.6) is 0 Å². The molecule has 0 radical (unpaired) electrons. The molecule has 98 valence electrons. The smallest absolute Gasteiger partial charge is 0.278 e. The number of rotatable bonds is 1. The molecule has 0 saturated carbocycles. The topological polar surface area (TPSA) is 24.9 Å². The number of nitrogens with zero attached hydrogens (tertiary/aromatic N) is 1. The number of halogens is 3. The number of nitrogens with one attached hydrogen (secondary N) is 1.